The maximum atomic E-state index is 6.58. The average Bonchev–Trinajstić information content (AvgIpc) is 3.65. The molecule has 308 valence electrons. The molecule has 0 radical (unpaired) electrons. The summed E-state index contributed by atoms with van der Waals surface area (Å²) in [5.41, 5.74) is 23.8. The van der Waals surface area contributed by atoms with Crippen molar-refractivity contribution in [3.63, 3.8) is 0 Å². The second-order valence-corrected chi connectivity index (χ2v) is 22.9. The molecule has 0 saturated heterocycles. The fraction of sp³-hybridized carbons (Fsp3) is 0.368. The Morgan fingerprint density at radius 1 is 0.525 bits per heavy atom. The van der Waals surface area contributed by atoms with E-state index in [-0.39, 0.29) is 33.8 Å². The molecule has 0 fully saturated rings. The Balaban J connectivity index is 1.29. The summed E-state index contributed by atoms with van der Waals surface area (Å²) in [5.74, 6) is 0. The Morgan fingerprint density at radius 2 is 1.10 bits per heavy atom. The number of nitrogens with zero attached hydrogens (tertiary/aromatic N) is 2. The monoisotopic (exact) mass is 800 g/mol. The molecule has 0 atom stereocenters. The number of hydrogen-bond acceptors (Lipinski definition) is 3. The molecule has 4 heteroatoms. The van der Waals surface area contributed by atoms with Crippen LogP contribution in [0.1, 0.15) is 134 Å². The van der Waals surface area contributed by atoms with Gasteiger partial charge in [0.2, 0.25) is 0 Å². The summed E-state index contributed by atoms with van der Waals surface area (Å²) < 4.78 is 6.58. The van der Waals surface area contributed by atoms with E-state index in [1.807, 2.05) is 0 Å². The molecule has 0 unspecified atom stereocenters. The van der Waals surface area contributed by atoms with Crippen LogP contribution in [0.3, 0.4) is 0 Å². The number of hydrogen-bond donors (Lipinski definition) is 0. The number of aryl methyl sites for hydroxylation is 2. The van der Waals surface area contributed by atoms with E-state index in [1.165, 1.54) is 96.6 Å². The van der Waals surface area contributed by atoms with Crippen LogP contribution in [-0.4, -0.2) is 6.71 Å². The van der Waals surface area contributed by atoms with Crippen LogP contribution in [0.2, 0.25) is 0 Å². The van der Waals surface area contributed by atoms with Crippen LogP contribution in [0.25, 0.3) is 21.9 Å². The van der Waals surface area contributed by atoms with Gasteiger partial charge in [-0.15, -0.1) is 0 Å². The molecule has 11 rings (SSSR count). The summed E-state index contributed by atoms with van der Waals surface area (Å²) in [6, 6.07) is 37.9. The van der Waals surface area contributed by atoms with Crippen LogP contribution in [0.5, 0.6) is 0 Å². The molecule has 7 aromatic rings. The van der Waals surface area contributed by atoms with Gasteiger partial charge in [-0.05, 0) is 164 Å². The summed E-state index contributed by atoms with van der Waals surface area (Å²) >= 11 is 0. The first-order valence-electron chi connectivity index (χ1n) is 22.8. The first kappa shape index (κ1) is 38.7. The van der Waals surface area contributed by atoms with E-state index >= 15 is 0 Å². The molecule has 0 bridgehead atoms. The summed E-state index contributed by atoms with van der Waals surface area (Å²) in [6.07, 6.45) is 3.51. The largest absolute Gasteiger partial charge is 0.456 e. The fourth-order valence-electron chi connectivity index (χ4n) is 12.5. The topological polar surface area (TPSA) is 19.6 Å². The molecule has 1 aromatic heterocycles. The van der Waals surface area contributed by atoms with Crippen molar-refractivity contribution in [2.45, 2.75) is 136 Å². The van der Waals surface area contributed by atoms with Crippen molar-refractivity contribution in [1.82, 2.24) is 0 Å². The first-order chi connectivity index (χ1) is 28.7. The smallest absolute Gasteiger partial charge is 0.252 e. The zero-order valence-electron chi connectivity index (χ0n) is 38.7. The van der Waals surface area contributed by atoms with E-state index < -0.39 is 0 Å². The van der Waals surface area contributed by atoms with Crippen LogP contribution < -0.4 is 26.2 Å². The van der Waals surface area contributed by atoms with Crippen LogP contribution in [0.4, 0.5) is 34.1 Å². The molecule has 3 nitrogen and oxygen atoms in total. The van der Waals surface area contributed by atoms with Crippen molar-refractivity contribution in [1.29, 1.82) is 0 Å². The highest BCUT2D eigenvalue weighted by Crippen LogP contribution is 2.55. The standard InChI is InChI=1S/C57H61BN2O/c1-33-25-47-52-48(26-33)60(45-30-39-37(27-34(45)2)54(6,7)23-24-55(39,8)9)46-31-40-38(56(10,11)32-57(40,12)13)29-42(46)58(52)41-28-35(53(3,4)5)21-22-43(41)59(47)44-18-16-20-50-51(44)36-17-14-15-19-49(36)61-50/h14-22,25-31H,23-24,32H2,1-13H3. The average molecular weight is 801 g/mol. The molecule has 0 saturated carbocycles. The fourth-order valence-corrected chi connectivity index (χ4v) is 12.5. The van der Waals surface area contributed by atoms with Crippen LogP contribution in [0, 0.1) is 13.8 Å². The number of furan rings is 1. The third-order valence-corrected chi connectivity index (χ3v) is 15.6. The zero-order chi connectivity index (χ0) is 42.9. The van der Waals surface area contributed by atoms with Gasteiger partial charge in [-0.3, -0.25) is 0 Å². The van der Waals surface area contributed by atoms with Gasteiger partial charge in [0.25, 0.3) is 6.71 Å². The van der Waals surface area contributed by atoms with Crippen LogP contribution in [-0.2, 0) is 27.1 Å². The SMILES string of the molecule is Cc1cc2c3c(c1)N(c1cccc4oc5ccccc5c14)c1ccc(C(C)(C)C)cc1B3c1cc3c(cc1N2c1cc2c(cc1C)C(C)(C)CCC2(C)C)C(C)(C)CC3(C)C. The number of fused-ring (bicyclic) bond motifs is 9. The molecular formula is C57H61BN2O. The molecule has 3 heterocycles. The Kier molecular flexibility index (Phi) is 7.76. The summed E-state index contributed by atoms with van der Waals surface area (Å²) in [6.45, 7) is 31.5. The molecule has 2 aliphatic carbocycles. The van der Waals surface area contributed by atoms with E-state index in [2.05, 4.69) is 197 Å². The van der Waals surface area contributed by atoms with Gasteiger partial charge >= 0.3 is 0 Å². The molecule has 0 spiro atoms. The van der Waals surface area contributed by atoms with Crippen molar-refractivity contribution in [3.05, 3.63) is 136 Å². The van der Waals surface area contributed by atoms with Gasteiger partial charge < -0.3 is 14.2 Å². The quantitative estimate of drug-likeness (QED) is 0.162. The zero-order valence-corrected chi connectivity index (χ0v) is 38.7. The van der Waals surface area contributed by atoms with Gasteiger partial charge in [-0.2, -0.15) is 0 Å². The first-order valence-corrected chi connectivity index (χ1v) is 22.8. The summed E-state index contributed by atoms with van der Waals surface area (Å²) in [4.78, 5) is 5.29. The Hall–Kier alpha value is -5.22. The second kappa shape index (κ2) is 12.2. The highest BCUT2D eigenvalue weighted by molar-refractivity contribution is 7.00. The van der Waals surface area contributed by atoms with E-state index in [0.29, 0.717) is 0 Å². The van der Waals surface area contributed by atoms with E-state index in [4.69, 9.17) is 4.42 Å². The highest BCUT2D eigenvalue weighted by atomic mass is 16.3. The van der Waals surface area contributed by atoms with Gasteiger partial charge in [-0.25, -0.2) is 0 Å². The van der Waals surface area contributed by atoms with Crippen molar-refractivity contribution < 1.29 is 4.42 Å². The Morgan fingerprint density at radius 3 is 1.79 bits per heavy atom. The maximum absolute atomic E-state index is 6.58. The molecule has 0 N–H and O–H groups in total. The lowest BCUT2D eigenvalue weighted by Crippen LogP contribution is -2.62. The summed E-state index contributed by atoms with van der Waals surface area (Å²) in [5, 5.41) is 2.30. The second-order valence-electron chi connectivity index (χ2n) is 22.9. The molecule has 4 aliphatic rings. The maximum Gasteiger partial charge on any atom is 0.252 e. The van der Waals surface area contributed by atoms with Gasteiger partial charge in [0.1, 0.15) is 11.2 Å². The Labute approximate surface area is 364 Å². The van der Waals surface area contributed by atoms with Gasteiger partial charge in [0, 0.05) is 33.8 Å². The summed E-state index contributed by atoms with van der Waals surface area (Å²) in [7, 11) is 0. The molecule has 2 aliphatic heterocycles. The number of rotatable bonds is 2. The van der Waals surface area contributed by atoms with Crippen molar-refractivity contribution in [3.8, 4) is 0 Å². The van der Waals surface area contributed by atoms with Crippen molar-refractivity contribution in [2.24, 2.45) is 0 Å². The molecule has 61 heavy (non-hydrogen) atoms. The third-order valence-electron chi connectivity index (χ3n) is 15.6. The number of benzene rings is 6. The van der Waals surface area contributed by atoms with Gasteiger partial charge in [0.15, 0.2) is 0 Å². The predicted molar refractivity (Wildman–Crippen MR) is 262 cm³/mol. The van der Waals surface area contributed by atoms with Gasteiger partial charge in [0.05, 0.1) is 11.1 Å². The predicted octanol–water partition coefficient (Wildman–Crippen LogP) is 13.9. The van der Waals surface area contributed by atoms with E-state index in [0.717, 1.165) is 34.0 Å². The van der Waals surface area contributed by atoms with Gasteiger partial charge in [-0.1, -0.05) is 125 Å². The van der Waals surface area contributed by atoms with Crippen LogP contribution in [0.15, 0.2) is 101 Å². The lowest BCUT2D eigenvalue weighted by atomic mass is 9.33. The molecule has 6 aromatic carbocycles. The number of para-hydroxylation sites is 1. The lowest BCUT2D eigenvalue weighted by molar-refractivity contribution is 0.332. The van der Waals surface area contributed by atoms with Crippen molar-refractivity contribution >= 4 is 79.2 Å². The normalized spacial score (nSPS) is 18.8. The number of anilines is 6. The minimum absolute atomic E-state index is 0.0225. The minimum atomic E-state index is -0.0225. The van der Waals surface area contributed by atoms with E-state index in [1.54, 1.807) is 0 Å². The van der Waals surface area contributed by atoms with E-state index in [9.17, 15) is 0 Å². The molecular weight excluding hydrogens is 739 g/mol. The van der Waals surface area contributed by atoms with Crippen LogP contribution >= 0.6 is 0 Å². The molecule has 0 amide bonds. The Bertz CT molecular complexity index is 3040. The lowest BCUT2D eigenvalue weighted by Gasteiger charge is -2.47. The van der Waals surface area contributed by atoms with Crippen molar-refractivity contribution in [2.75, 3.05) is 9.80 Å². The highest BCUT2D eigenvalue weighted by Gasteiger charge is 2.49. The third kappa shape index (κ3) is 5.42. The minimum Gasteiger partial charge on any atom is -0.456 e.